The first-order valence-electron chi connectivity index (χ1n) is 9.65. The molecule has 1 unspecified atom stereocenters. The monoisotopic (exact) mass is 464 g/mol. The van der Waals surface area contributed by atoms with E-state index in [1.165, 1.54) is 22.9 Å². The van der Waals surface area contributed by atoms with Crippen molar-refractivity contribution in [3.63, 3.8) is 0 Å². The van der Waals surface area contributed by atoms with Crippen molar-refractivity contribution in [2.75, 3.05) is 0 Å². The van der Waals surface area contributed by atoms with Gasteiger partial charge in [-0.3, -0.25) is 4.57 Å². The van der Waals surface area contributed by atoms with E-state index in [4.69, 9.17) is 16.3 Å². The van der Waals surface area contributed by atoms with Gasteiger partial charge in [0.05, 0.1) is 18.0 Å². The first-order chi connectivity index (χ1) is 14.8. The van der Waals surface area contributed by atoms with Crippen molar-refractivity contribution in [1.29, 1.82) is 0 Å². The number of aliphatic hydroxyl groups excluding tert-OH is 1. The highest BCUT2D eigenvalue weighted by atomic mass is 35.5. The molecule has 0 radical (unpaired) electrons. The molecule has 7 nitrogen and oxygen atoms in total. The van der Waals surface area contributed by atoms with Crippen LogP contribution in [-0.4, -0.2) is 30.5 Å². The van der Waals surface area contributed by atoms with Crippen LogP contribution >= 0.6 is 20.8 Å². The van der Waals surface area contributed by atoms with Crippen LogP contribution in [-0.2, 0) is 13.2 Å². The highest BCUT2D eigenvalue weighted by molar-refractivity contribution is 7.27. The van der Waals surface area contributed by atoms with Crippen LogP contribution in [0.15, 0.2) is 35.3 Å². The largest absolute Gasteiger partial charge is 0.489 e. The molecule has 0 fully saturated rings. The second-order valence-electron chi connectivity index (χ2n) is 6.95. The van der Waals surface area contributed by atoms with Crippen molar-refractivity contribution < 1.29 is 14.2 Å². The van der Waals surface area contributed by atoms with E-state index in [-0.39, 0.29) is 30.0 Å². The van der Waals surface area contributed by atoms with Crippen LogP contribution in [0.5, 0.6) is 5.75 Å². The molecule has 3 aromatic rings. The molecule has 2 heterocycles. The van der Waals surface area contributed by atoms with Crippen LogP contribution in [0, 0.1) is 0 Å². The molecule has 2 aromatic heterocycles. The minimum Gasteiger partial charge on any atom is -0.489 e. The Hall–Kier alpha value is -2.54. The molecule has 1 atom stereocenters. The number of rotatable bonds is 7. The zero-order chi connectivity index (χ0) is 22.7. The van der Waals surface area contributed by atoms with Crippen molar-refractivity contribution in [3.05, 3.63) is 63.1 Å². The van der Waals surface area contributed by atoms with Gasteiger partial charge in [-0.2, -0.15) is 4.68 Å². The van der Waals surface area contributed by atoms with Crippen LogP contribution in [0.2, 0.25) is 5.02 Å². The van der Waals surface area contributed by atoms with Crippen molar-refractivity contribution in [2.45, 2.75) is 40.0 Å². The summed E-state index contributed by atoms with van der Waals surface area (Å²) in [7, 11) is 2.51. The fourth-order valence-corrected chi connectivity index (χ4v) is 3.69. The Bertz CT molecular complexity index is 1170. The van der Waals surface area contributed by atoms with Crippen LogP contribution < -0.4 is 15.7 Å². The van der Waals surface area contributed by atoms with Gasteiger partial charge in [0.2, 0.25) is 0 Å². The average molecular weight is 465 g/mol. The van der Waals surface area contributed by atoms with Gasteiger partial charge in [-0.25, -0.2) is 14.2 Å². The molecule has 0 saturated carbocycles. The number of ether oxygens (including phenoxy) is 1. The van der Waals surface area contributed by atoms with Crippen LogP contribution in [0.3, 0.4) is 0 Å². The van der Waals surface area contributed by atoms with Crippen molar-refractivity contribution in [1.82, 2.24) is 19.3 Å². The normalized spacial score (nSPS) is 11.9. The Labute approximate surface area is 186 Å². The fraction of sp³-hybridized carbons (Fsp3) is 0.286. The summed E-state index contributed by atoms with van der Waals surface area (Å²) >= 11 is 6.21. The van der Waals surface area contributed by atoms with Gasteiger partial charge in [0.1, 0.15) is 12.3 Å². The maximum atomic E-state index is 15.2. The molecule has 0 saturated heterocycles. The number of benzene rings is 1. The van der Waals surface area contributed by atoms with Crippen molar-refractivity contribution >= 4 is 38.0 Å². The second kappa shape index (κ2) is 9.73. The summed E-state index contributed by atoms with van der Waals surface area (Å²) in [6.07, 6.45) is 2.36. The van der Waals surface area contributed by atoms with E-state index in [0.717, 1.165) is 9.99 Å². The zero-order valence-corrected chi connectivity index (χ0v) is 19.3. The Morgan fingerprint density at radius 3 is 2.74 bits per heavy atom. The molecule has 31 heavy (non-hydrogen) atoms. The van der Waals surface area contributed by atoms with Gasteiger partial charge in [0.15, 0.2) is 17.4 Å². The third-order valence-electron chi connectivity index (χ3n) is 4.43. The van der Waals surface area contributed by atoms with E-state index >= 15 is 4.39 Å². The fourth-order valence-electron chi connectivity index (χ4n) is 3.01. The Morgan fingerprint density at radius 1 is 1.42 bits per heavy atom. The average Bonchev–Trinajstić information content (AvgIpc) is 3.05. The summed E-state index contributed by atoms with van der Waals surface area (Å²) in [4.78, 5) is 16.8. The number of pyridine rings is 1. The Kier molecular flexibility index (Phi) is 7.26. The molecular formula is C21H23ClFN4O3P. The first-order valence-corrected chi connectivity index (χ1v) is 10.6. The molecule has 1 aromatic carbocycles. The SMILES string of the molecule is CCn1c(CO)nn(-c2cnc(/C(F)=C/c3c(P)cccc3Cl)c(OC(C)C)c2)c1=O. The molecule has 0 bridgehead atoms. The van der Waals surface area contributed by atoms with Crippen LogP contribution in [0.1, 0.15) is 37.9 Å². The van der Waals surface area contributed by atoms with Crippen molar-refractivity contribution in [3.8, 4) is 11.4 Å². The Balaban J connectivity index is 2.13. The second-order valence-corrected chi connectivity index (χ2v) is 7.98. The minimum absolute atomic E-state index is 0.0212. The molecule has 0 aliphatic rings. The van der Waals surface area contributed by atoms with E-state index in [9.17, 15) is 9.90 Å². The van der Waals surface area contributed by atoms with Gasteiger partial charge in [0, 0.05) is 23.2 Å². The van der Waals surface area contributed by atoms with Crippen LogP contribution in [0.25, 0.3) is 17.6 Å². The number of nitrogens with zero attached hydrogens (tertiary/aromatic N) is 4. The van der Waals surface area contributed by atoms with Gasteiger partial charge >= 0.3 is 5.69 Å². The molecule has 0 spiro atoms. The van der Waals surface area contributed by atoms with E-state index < -0.39 is 11.5 Å². The predicted molar refractivity (Wildman–Crippen MR) is 123 cm³/mol. The number of hydrogen-bond donors (Lipinski definition) is 1. The molecule has 0 aliphatic heterocycles. The smallest absolute Gasteiger partial charge is 0.350 e. The van der Waals surface area contributed by atoms with Crippen molar-refractivity contribution in [2.24, 2.45) is 0 Å². The first kappa shape index (κ1) is 23.1. The van der Waals surface area contributed by atoms with Gasteiger partial charge in [-0.1, -0.05) is 23.7 Å². The number of halogens is 2. The Morgan fingerprint density at radius 2 is 2.16 bits per heavy atom. The lowest BCUT2D eigenvalue weighted by molar-refractivity contribution is 0.240. The quantitative estimate of drug-likeness (QED) is 0.542. The predicted octanol–water partition coefficient (Wildman–Crippen LogP) is 3.35. The summed E-state index contributed by atoms with van der Waals surface area (Å²) in [5, 5.41) is 14.7. The molecule has 0 aliphatic carbocycles. The lowest BCUT2D eigenvalue weighted by Gasteiger charge is -2.14. The van der Waals surface area contributed by atoms with E-state index in [2.05, 4.69) is 19.3 Å². The van der Waals surface area contributed by atoms with E-state index in [1.807, 2.05) is 0 Å². The molecule has 3 rings (SSSR count). The molecule has 0 amide bonds. The van der Waals surface area contributed by atoms with Gasteiger partial charge in [-0.05, 0) is 38.2 Å². The summed E-state index contributed by atoms with van der Waals surface area (Å²) < 4.78 is 23.4. The van der Waals surface area contributed by atoms with E-state index in [0.29, 0.717) is 22.8 Å². The number of aliphatic hydroxyl groups is 1. The molecule has 164 valence electrons. The molecule has 10 heteroatoms. The third-order valence-corrected chi connectivity index (χ3v) is 5.26. The van der Waals surface area contributed by atoms with E-state index in [1.54, 1.807) is 39.0 Å². The highest BCUT2D eigenvalue weighted by Crippen LogP contribution is 2.30. The summed E-state index contributed by atoms with van der Waals surface area (Å²) in [6.45, 7) is 5.34. The number of aromatic nitrogens is 4. The highest BCUT2D eigenvalue weighted by Gasteiger charge is 2.18. The molecular weight excluding hydrogens is 442 g/mol. The van der Waals surface area contributed by atoms with Gasteiger partial charge in [-0.15, -0.1) is 14.3 Å². The topological polar surface area (TPSA) is 82.2 Å². The zero-order valence-electron chi connectivity index (χ0n) is 17.3. The number of hydrogen-bond acceptors (Lipinski definition) is 5. The maximum absolute atomic E-state index is 15.2. The standard InChI is InChI=1S/C21H23ClFN4O3P/c1-4-26-19(11-28)25-27(21(26)29)13-8-17(30-12(2)3)20(24-10-13)16(23)9-14-15(22)6-5-7-18(14)31/h5-10,12,28H,4,11,31H2,1-3H3/b16-9-. The minimum atomic E-state index is -0.638. The summed E-state index contributed by atoms with van der Waals surface area (Å²) in [6, 6.07) is 6.74. The lowest BCUT2D eigenvalue weighted by atomic mass is 10.1. The summed E-state index contributed by atoms with van der Waals surface area (Å²) in [5.41, 5.74) is 0.352. The third kappa shape index (κ3) is 4.87. The molecule has 1 N–H and O–H groups in total. The lowest BCUT2D eigenvalue weighted by Crippen LogP contribution is -2.24. The van der Waals surface area contributed by atoms with Crippen LogP contribution in [0.4, 0.5) is 4.39 Å². The van der Waals surface area contributed by atoms with Gasteiger partial charge < -0.3 is 9.84 Å². The van der Waals surface area contributed by atoms with Gasteiger partial charge in [0.25, 0.3) is 0 Å². The summed E-state index contributed by atoms with van der Waals surface area (Å²) in [5.74, 6) is -0.260. The maximum Gasteiger partial charge on any atom is 0.350 e.